The van der Waals surface area contributed by atoms with E-state index < -0.39 is 0 Å². The molecule has 3 heteroatoms. The molecule has 1 heterocycles. The second kappa shape index (κ2) is 5.47. The molecule has 16 heavy (non-hydrogen) atoms. The van der Waals surface area contributed by atoms with E-state index in [2.05, 4.69) is 29.4 Å². The molecule has 2 rings (SSSR count). The first-order valence-corrected chi connectivity index (χ1v) is 5.65. The van der Waals surface area contributed by atoms with Crippen LogP contribution in [0.2, 0.25) is 0 Å². The Balaban J connectivity index is 1.85. The largest absolute Gasteiger partial charge is 0.325 e. The molecule has 0 amide bonds. The fourth-order valence-corrected chi connectivity index (χ4v) is 1.81. The monoisotopic (exact) mass is 215 g/mol. The number of nitrogens with zero attached hydrogens (tertiary/aromatic N) is 2. The third kappa shape index (κ3) is 2.70. The first-order valence-electron chi connectivity index (χ1n) is 5.65. The highest BCUT2D eigenvalue weighted by atomic mass is 15.3. The van der Waals surface area contributed by atoms with Crippen LogP contribution in [-0.2, 0) is 19.5 Å². The fraction of sp³-hybridized carbons (Fsp3) is 0.308. The SMILES string of the molecule is NCc1ccnn1CCCc1ccccc1. The Morgan fingerprint density at radius 2 is 1.94 bits per heavy atom. The van der Waals surface area contributed by atoms with Gasteiger partial charge in [0, 0.05) is 19.3 Å². The Kier molecular flexibility index (Phi) is 3.72. The van der Waals surface area contributed by atoms with Gasteiger partial charge in [-0.1, -0.05) is 30.3 Å². The van der Waals surface area contributed by atoms with Gasteiger partial charge in [-0.2, -0.15) is 5.10 Å². The van der Waals surface area contributed by atoms with E-state index >= 15 is 0 Å². The van der Waals surface area contributed by atoms with Crippen molar-refractivity contribution in [1.29, 1.82) is 0 Å². The van der Waals surface area contributed by atoms with Gasteiger partial charge in [0.05, 0.1) is 5.69 Å². The van der Waals surface area contributed by atoms with Crippen molar-refractivity contribution in [2.75, 3.05) is 0 Å². The molecule has 0 spiro atoms. The molecule has 0 fully saturated rings. The van der Waals surface area contributed by atoms with Crippen molar-refractivity contribution in [3.05, 3.63) is 53.9 Å². The van der Waals surface area contributed by atoms with Crippen molar-refractivity contribution in [2.24, 2.45) is 5.73 Å². The van der Waals surface area contributed by atoms with Crippen LogP contribution in [0.4, 0.5) is 0 Å². The summed E-state index contributed by atoms with van der Waals surface area (Å²) in [4.78, 5) is 0. The van der Waals surface area contributed by atoms with Gasteiger partial charge in [-0.15, -0.1) is 0 Å². The van der Waals surface area contributed by atoms with Crippen LogP contribution in [0.1, 0.15) is 17.7 Å². The zero-order valence-electron chi connectivity index (χ0n) is 9.34. The minimum absolute atomic E-state index is 0.561. The highest BCUT2D eigenvalue weighted by molar-refractivity contribution is 5.14. The summed E-state index contributed by atoms with van der Waals surface area (Å²) in [6, 6.07) is 12.5. The van der Waals surface area contributed by atoms with Crippen LogP contribution in [0.25, 0.3) is 0 Å². The lowest BCUT2D eigenvalue weighted by Gasteiger charge is -2.05. The van der Waals surface area contributed by atoms with Gasteiger partial charge >= 0.3 is 0 Å². The maximum atomic E-state index is 5.62. The van der Waals surface area contributed by atoms with E-state index in [9.17, 15) is 0 Å². The number of hydrogen-bond acceptors (Lipinski definition) is 2. The Morgan fingerprint density at radius 1 is 1.12 bits per heavy atom. The van der Waals surface area contributed by atoms with Crippen molar-refractivity contribution in [2.45, 2.75) is 25.9 Å². The Labute approximate surface area is 95.9 Å². The lowest BCUT2D eigenvalue weighted by atomic mass is 10.1. The molecule has 0 saturated carbocycles. The zero-order chi connectivity index (χ0) is 11.2. The van der Waals surface area contributed by atoms with Gasteiger partial charge in [0.2, 0.25) is 0 Å². The molecule has 2 N–H and O–H groups in total. The fourth-order valence-electron chi connectivity index (χ4n) is 1.81. The summed E-state index contributed by atoms with van der Waals surface area (Å²) in [6.45, 7) is 1.50. The quantitative estimate of drug-likeness (QED) is 0.828. The van der Waals surface area contributed by atoms with E-state index in [0.717, 1.165) is 25.1 Å². The van der Waals surface area contributed by atoms with E-state index in [-0.39, 0.29) is 0 Å². The lowest BCUT2D eigenvalue weighted by molar-refractivity contribution is 0.555. The maximum absolute atomic E-state index is 5.62. The third-order valence-electron chi connectivity index (χ3n) is 2.69. The molecule has 0 unspecified atom stereocenters. The minimum atomic E-state index is 0.561. The summed E-state index contributed by atoms with van der Waals surface area (Å²) in [5.41, 5.74) is 8.10. The van der Waals surface area contributed by atoms with Crippen molar-refractivity contribution in [1.82, 2.24) is 9.78 Å². The van der Waals surface area contributed by atoms with Crippen LogP contribution in [0.5, 0.6) is 0 Å². The summed E-state index contributed by atoms with van der Waals surface area (Å²) in [7, 11) is 0. The van der Waals surface area contributed by atoms with Crippen LogP contribution >= 0.6 is 0 Å². The van der Waals surface area contributed by atoms with Gasteiger partial charge in [-0.3, -0.25) is 4.68 Å². The van der Waals surface area contributed by atoms with E-state index in [4.69, 9.17) is 5.73 Å². The first-order chi connectivity index (χ1) is 7.90. The van der Waals surface area contributed by atoms with E-state index in [1.54, 1.807) is 0 Å². The highest BCUT2D eigenvalue weighted by Crippen LogP contribution is 2.05. The van der Waals surface area contributed by atoms with Crippen LogP contribution in [0.3, 0.4) is 0 Å². The van der Waals surface area contributed by atoms with Gasteiger partial charge in [0.15, 0.2) is 0 Å². The molecule has 0 aliphatic carbocycles. The molecule has 0 saturated heterocycles. The molecular weight excluding hydrogens is 198 g/mol. The average Bonchev–Trinajstić information content (AvgIpc) is 2.78. The summed E-state index contributed by atoms with van der Waals surface area (Å²) >= 11 is 0. The third-order valence-corrected chi connectivity index (χ3v) is 2.69. The predicted molar refractivity (Wildman–Crippen MR) is 64.9 cm³/mol. The molecule has 0 atom stereocenters. The topological polar surface area (TPSA) is 43.8 Å². The standard InChI is InChI=1S/C13H17N3/c14-11-13-8-9-15-16(13)10-4-7-12-5-2-1-3-6-12/h1-3,5-6,8-9H,4,7,10-11,14H2. The number of benzene rings is 1. The zero-order valence-corrected chi connectivity index (χ0v) is 9.34. The second-order valence-corrected chi connectivity index (χ2v) is 3.84. The highest BCUT2D eigenvalue weighted by Gasteiger charge is 1.99. The number of aromatic nitrogens is 2. The van der Waals surface area contributed by atoms with Gasteiger partial charge in [0.25, 0.3) is 0 Å². The Bertz CT molecular complexity index is 420. The van der Waals surface area contributed by atoms with Crippen LogP contribution in [0, 0.1) is 0 Å². The van der Waals surface area contributed by atoms with E-state index in [1.165, 1.54) is 5.56 Å². The van der Waals surface area contributed by atoms with Gasteiger partial charge < -0.3 is 5.73 Å². The van der Waals surface area contributed by atoms with E-state index in [0.29, 0.717) is 6.54 Å². The Morgan fingerprint density at radius 3 is 2.69 bits per heavy atom. The summed E-state index contributed by atoms with van der Waals surface area (Å²) in [5, 5.41) is 4.25. The molecule has 0 aliphatic rings. The predicted octanol–water partition coefficient (Wildman–Crippen LogP) is 1.97. The molecule has 2 aromatic rings. The van der Waals surface area contributed by atoms with Crippen molar-refractivity contribution in [3.8, 4) is 0 Å². The van der Waals surface area contributed by atoms with Crippen molar-refractivity contribution in [3.63, 3.8) is 0 Å². The summed E-state index contributed by atoms with van der Waals surface area (Å²) in [6.07, 6.45) is 3.99. The average molecular weight is 215 g/mol. The van der Waals surface area contributed by atoms with Gasteiger partial charge in [-0.25, -0.2) is 0 Å². The number of rotatable bonds is 5. The smallest absolute Gasteiger partial charge is 0.0519 e. The minimum Gasteiger partial charge on any atom is -0.325 e. The molecule has 84 valence electrons. The summed E-state index contributed by atoms with van der Waals surface area (Å²) in [5.74, 6) is 0. The molecule has 3 nitrogen and oxygen atoms in total. The van der Waals surface area contributed by atoms with Crippen LogP contribution in [-0.4, -0.2) is 9.78 Å². The first kappa shape index (κ1) is 10.9. The van der Waals surface area contributed by atoms with Crippen LogP contribution < -0.4 is 5.73 Å². The van der Waals surface area contributed by atoms with Gasteiger partial charge in [-0.05, 0) is 24.5 Å². The van der Waals surface area contributed by atoms with Crippen molar-refractivity contribution < 1.29 is 0 Å². The molecule has 0 bridgehead atoms. The molecule has 0 aliphatic heterocycles. The van der Waals surface area contributed by atoms with Crippen molar-refractivity contribution >= 4 is 0 Å². The molecule has 1 aromatic carbocycles. The molecule has 0 radical (unpaired) electrons. The van der Waals surface area contributed by atoms with Crippen LogP contribution in [0.15, 0.2) is 42.6 Å². The number of aryl methyl sites for hydroxylation is 2. The number of nitrogens with two attached hydrogens (primary N) is 1. The molecule has 1 aromatic heterocycles. The second-order valence-electron chi connectivity index (χ2n) is 3.84. The molecular formula is C13H17N3. The lowest BCUT2D eigenvalue weighted by Crippen LogP contribution is -2.09. The van der Waals surface area contributed by atoms with Gasteiger partial charge in [0.1, 0.15) is 0 Å². The Hall–Kier alpha value is -1.61. The number of hydrogen-bond donors (Lipinski definition) is 1. The van der Waals surface area contributed by atoms with E-state index in [1.807, 2.05) is 23.0 Å². The maximum Gasteiger partial charge on any atom is 0.0519 e. The summed E-state index contributed by atoms with van der Waals surface area (Å²) < 4.78 is 1.99. The normalized spacial score (nSPS) is 10.6.